The first-order valence-electron chi connectivity index (χ1n) is 5.64. The van der Waals surface area contributed by atoms with E-state index in [2.05, 4.69) is 4.74 Å². The molecule has 7 heteroatoms. The fourth-order valence-electron chi connectivity index (χ4n) is 2.04. The lowest BCUT2D eigenvalue weighted by atomic mass is 10.0. The van der Waals surface area contributed by atoms with Crippen LogP contribution in [0.3, 0.4) is 0 Å². The van der Waals surface area contributed by atoms with Gasteiger partial charge in [0.2, 0.25) is 5.91 Å². The van der Waals surface area contributed by atoms with E-state index in [4.69, 9.17) is 5.73 Å². The lowest BCUT2D eigenvalue weighted by molar-refractivity contribution is -0.324. The van der Waals surface area contributed by atoms with Crippen molar-refractivity contribution < 1.29 is 22.7 Å². The molecule has 0 radical (unpaired) electrons. The number of ether oxygens (including phenoxy) is 1. The minimum absolute atomic E-state index is 0.239. The summed E-state index contributed by atoms with van der Waals surface area (Å²) in [5, 5.41) is 0. The predicted molar refractivity (Wildman–Crippen MR) is 55.0 cm³/mol. The number of halogens is 3. The summed E-state index contributed by atoms with van der Waals surface area (Å²) < 4.78 is 38.8. The van der Waals surface area contributed by atoms with Gasteiger partial charge in [-0.05, 0) is 25.8 Å². The molecule has 2 N–H and O–H groups in total. The largest absolute Gasteiger partial charge is 0.522 e. The number of nitrogens with two attached hydrogens (primary N) is 1. The molecule has 100 valence electrons. The zero-order valence-corrected chi connectivity index (χ0v) is 9.50. The van der Waals surface area contributed by atoms with Gasteiger partial charge in [-0.3, -0.25) is 14.4 Å². The minimum atomic E-state index is -4.58. The van der Waals surface area contributed by atoms with Gasteiger partial charge >= 0.3 is 6.36 Å². The molecule has 1 unspecified atom stereocenters. The Hall–Kier alpha value is -0.820. The molecule has 0 spiro atoms. The molecular weight excluding hydrogens is 237 g/mol. The molecule has 0 saturated carbocycles. The Morgan fingerprint density at radius 2 is 2.12 bits per heavy atom. The molecule has 0 aromatic heterocycles. The number of carbonyl (C=O) groups excluding carboxylic acids is 1. The van der Waals surface area contributed by atoms with Crippen molar-refractivity contribution in [3.05, 3.63) is 0 Å². The van der Waals surface area contributed by atoms with Gasteiger partial charge in [-0.1, -0.05) is 6.42 Å². The van der Waals surface area contributed by atoms with E-state index in [0.29, 0.717) is 19.5 Å². The van der Waals surface area contributed by atoms with E-state index in [1.54, 1.807) is 0 Å². The zero-order chi connectivity index (χ0) is 12.9. The van der Waals surface area contributed by atoms with Crippen LogP contribution in [-0.2, 0) is 9.53 Å². The first-order chi connectivity index (χ1) is 7.90. The van der Waals surface area contributed by atoms with E-state index in [1.165, 1.54) is 0 Å². The topological polar surface area (TPSA) is 55.6 Å². The van der Waals surface area contributed by atoms with Crippen molar-refractivity contribution in [3.8, 4) is 0 Å². The fourth-order valence-corrected chi connectivity index (χ4v) is 2.04. The van der Waals surface area contributed by atoms with Crippen LogP contribution in [0, 0.1) is 0 Å². The van der Waals surface area contributed by atoms with E-state index in [-0.39, 0.29) is 19.1 Å². The molecule has 1 amide bonds. The normalized spacial score (nSPS) is 22.6. The van der Waals surface area contributed by atoms with E-state index in [0.717, 1.165) is 12.8 Å². The lowest BCUT2D eigenvalue weighted by Gasteiger charge is -2.33. The number of likely N-dealkylation sites (tertiary alicyclic amines) is 1. The molecular formula is C10H17F3N2O2. The highest BCUT2D eigenvalue weighted by Gasteiger charge is 2.29. The number of primary amides is 1. The van der Waals surface area contributed by atoms with E-state index in [1.807, 2.05) is 4.90 Å². The molecule has 1 saturated heterocycles. The molecule has 1 aliphatic heterocycles. The Morgan fingerprint density at radius 3 is 2.71 bits per heavy atom. The number of hydrogen-bond acceptors (Lipinski definition) is 3. The summed E-state index contributed by atoms with van der Waals surface area (Å²) in [5.41, 5.74) is 5.24. The van der Waals surface area contributed by atoms with Crippen LogP contribution in [0.25, 0.3) is 0 Å². The van der Waals surface area contributed by atoms with E-state index >= 15 is 0 Å². The van der Waals surface area contributed by atoms with Crippen molar-refractivity contribution in [1.29, 1.82) is 0 Å². The Morgan fingerprint density at radius 1 is 1.41 bits per heavy atom. The van der Waals surface area contributed by atoms with Crippen LogP contribution in [0.15, 0.2) is 0 Å². The smallest absolute Gasteiger partial charge is 0.368 e. The molecule has 1 rings (SSSR count). The maximum absolute atomic E-state index is 11.7. The monoisotopic (exact) mass is 254 g/mol. The zero-order valence-electron chi connectivity index (χ0n) is 9.50. The molecule has 1 atom stereocenters. The summed E-state index contributed by atoms with van der Waals surface area (Å²) in [6, 6.07) is -0.338. The fraction of sp³-hybridized carbons (Fsp3) is 0.900. The first kappa shape index (κ1) is 14.2. The summed E-state index contributed by atoms with van der Waals surface area (Å²) in [5.74, 6) is -0.401. The molecule has 0 aromatic rings. The van der Waals surface area contributed by atoms with Gasteiger partial charge < -0.3 is 5.73 Å². The van der Waals surface area contributed by atoms with Gasteiger partial charge in [-0.25, -0.2) is 0 Å². The van der Waals surface area contributed by atoms with Gasteiger partial charge in [0.05, 0.1) is 12.6 Å². The summed E-state index contributed by atoms with van der Waals surface area (Å²) in [6.07, 6.45) is -1.77. The highest BCUT2D eigenvalue weighted by Crippen LogP contribution is 2.18. The van der Waals surface area contributed by atoms with Crippen molar-refractivity contribution >= 4 is 5.91 Å². The predicted octanol–water partition coefficient (Wildman–Crippen LogP) is 1.25. The first-order valence-corrected chi connectivity index (χ1v) is 5.64. The number of carbonyl (C=O) groups is 1. The van der Waals surface area contributed by atoms with Gasteiger partial charge in [0.15, 0.2) is 0 Å². The van der Waals surface area contributed by atoms with Crippen molar-refractivity contribution in [2.75, 3.05) is 19.7 Å². The van der Waals surface area contributed by atoms with Gasteiger partial charge in [0.1, 0.15) is 0 Å². The molecule has 0 bridgehead atoms. The van der Waals surface area contributed by atoms with Crippen LogP contribution in [0.1, 0.15) is 25.7 Å². The molecule has 17 heavy (non-hydrogen) atoms. The second kappa shape index (κ2) is 6.20. The third-order valence-corrected chi connectivity index (χ3v) is 2.80. The molecule has 4 nitrogen and oxygen atoms in total. The van der Waals surface area contributed by atoms with Crippen LogP contribution in [0.4, 0.5) is 13.2 Å². The van der Waals surface area contributed by atoms with Gasteiger partial charge in [0, 0.05) is 6.54 Å². The Kier molecular flexibility index (Phi) is 5.20. The van der Waals surface area contributed by atoms with Crippen molar-refractivity contribution in [2.45, 2.75) is 38.1 Å². The Bertz CT molecular complexity index is 258. The van der Waals surface area contributed by atoms with Gasteiger partial charge in [-0.2, -0.15) is 0 Å². The summed E-state index contributed by atoms with van der Waals surface area (Å²) >= 11 is 0. The van der Waals surface area contributed by atoms with Gasteiger partial charge in [0.25, 0.3) is 0 Å². The molecule has 1 fully saturated rings. The number of piperidine rings is 1. The number of rotatable bonds is 5. The maximum atomic E-state index is 11.7. The van der Waals surface area contributed by atoms with Crippen LogP contribution in [0.5, 0.6) is 0 Å². The SMILES string of the molecule is NC(=O)C1CCCCN1CCCOC(F)(F)F. The summed E-state index contributed by atoms with van der Waals surface area (Å²) in [7, 11) is 0. The maximum Gasteiger partial charge on any atom is 0.522 e. The third-order valence-electron chi connectivity index (χ3n) is 2.80. The Labute approximate surface area is 97.9 Å². The average Bonchev–Trinajstić information content (AvgIpc) is 2.23. The number of amides is 1. The van der Waals surface area contributed by atoms with Gasteiger partial charge in [-0.15, -0.1) is 13.2 Å². The van der Waals surface area contributed by atoms with Crippen LogP contribution in [-0.4, -0.2) is 42.9 Å². The molecule has 0 aliphatic carbocycles. The molecule has 1 heterocycles. The number of hydrogen-bond donors (Lipinski definition) is 1. The summed E-state index contributed by atoms with van der Waals surface area (Å²) in [6.45, 7) is 0.731. The Balaban J connectivity index is 2.26. The standard InChI is InChI=1S/C10H17F3N2O2/c11-10(12,13)17-7-3-6-15-5-2-1-4-8(15)9(14)16/h8H,1-7H2,(H2,14,16). The minimum Gasteiger partial charge on any atom is -0.368 e. The highest BCUT2D eigenvalue weighted by molar-refractivity contribution is 5.79. The van der Waals surface area contributed by atoms with Crippen molar-refractivity contribution in [2.24, 2.45) is 5.73 Å². The van der Waals surface area contributed by atoms with Crippen LogP contribution in [0.2, 0.25) is 0 Å². The summed E-state index contributed by atoms with van der Waals surface area (Å²) in [4.78, 5) is 13.0. The van der Waals surface area contributed by atoms with Crippen molar-refractivity contribution in [1.82, 2.24) is 4.90 Å². The third kappa shape index (κ3) is 5.36. The van der Waals surface area contributed by atoms with Crippen LogP contribution >= 0.6 is 0 Å². The quantitative estimate of drug-likeness (QED) is 0.751. The van der Waals surface area contributed by atoms with Crippen LogP contribution < -0.4 is 5.73 Å². The lowest BCUT2D eigenvalue weighted by Crippen LogP contribution is -2.48. The molecule has 1 aliphatic rings. The average molecular weight is 254 g/mol. The highest BCUT2D eigenvalue weighted by atomic mass is 19.4. The van der Waals surface area contributed by atoms with E-state index < -0.39 is 12.3 Å². The van der Waals surface area contributed by atoms with E-state index in [9.17, 15) is 18.0 Å². The molecule has 0 aromatic carbocycles. The second-order valence-corrected chi connectivity index (χ2v) is 4.10. The number of nitrogens with zero attached hydrogens (tertiary/aromatic N) is 1. The number of alkyl halides is 3. The second-order valence-electron chi connectivity index (χ2n) is 4.10. The van der Waals surface area contributed by atoms with Crippen molar-refractivity contribution in [3.63, 3.8) is 0 Å².